The molecular formula is C20H20FN2O+. The number of benzene rings is 2. The molecule has 2 aromatic carbocycles. The zero-order valence-corrected chi connectivity index (χ0v) is 13.4. The SMILES string of the molecule is Fc1ccccc1COc1ccccc1C[NH2+]Cc1ccccn1. The maximum absolute atomic E-state index is 13.7. The van der Waals surface area contributed by atoms with E-state index < -0.39 is 0 Å². The maximum atomic E-state index is 13.7. The van der Waals surface area contributed by atoms with E-state index in [9.17, 15) is 4.39 Å². The number of halogens is 1. The van der Waals surface area contributed by atoms with Crippen molar-refractivity contribution < 1.29 is 14.4 Å². The van der Waals surface area contributed by atoms with Crippen molar-refractivity contribution in [2.24, 2.45) is 0 Å². The number of para-hydroxylation sites is 1. The molecule has 0 unspecified atom stereocenters. The fourth-order valence-electron chi connectivity index (χ4n) is 2.48. The summed E-state index contributed by atoms with van der Waals surface area (Å²) in [5.74, 6) is 0.551. The second-order valence-electron chi connectivity index (χ2n) is 5.51. The minimum atomic E-state index is -0.239. The summed E-state index contributed by atoms with van der Waals surface area (Å²) < 4.78 is 19.5. The van der Waals surface area contributed by atoms with Crippen molar-refractivity contribution in [1.82, 2.24) is 4.98 Å². The molecule has 0 atom stereocenters. The third-order valence-electron chi connectivity index (χ3n) is 3.76. The summed E-state index contributed by atoms with van der Waals surface area (Å²) in [6, 6.07) is 20.5. The molecule has 2 N–H and O–H groups in total. The minimum absolute atomic E-state index is 0.226. The molecule has 0 amide bonds. The molecule has 0 bridgehead atoms. The van der Waals surface area contributed by atoms with Gasteiger partial charge in [0, 0.05) is 17.3 Å². The van der Waals surface area contributed by atoms with Crippen molar-refractivity contribution >= 4 is 0 Å². The highest BCUT2D eigenvalue weighted by Crippen LogP contribution is 2.19. The topological polar surface area (TPSA) is 38.7 Å². The van der Waals surface area contributed by atoms with E-state index in [0.717, 1.165) is 30.1 Å². The van der Waals surface area contributed by atoms with Crippen LogP contribution in [-0.4, -0.2) is 4.98 Å². The molecule has 1 aromatic heterocycles. The average Bonchev–Trinajstić information content (AvgIpc) is 2.63. The number of quaternary nitrogens is 1. The van der Waals surface area contributed by atoms with E-state index in [4.69, 9.17) is 4.74 Å². The van der Waals surface area contributed by atoms with Gasteiger partial charge in [0.25, 0.3) is 0 Å². The van der Waals surface area contributed by atoms with Crippen molar-refractivity contribution in [2.75, 3.05) is 0 Å². The Morgan fingerprint density at radius 3 is 2.38 bits per heavy atom. The summed E-state index contributed by atoms with van der Waals surface area (Å²) in [4.78, 5) is 4.31. The van der Waals surface area contributed by atoms with E-state index in [1.54, 1.807) is 18.3 Å². The molecule has 122 valence electrons. The normalized spacial score (nSPS) is 10.5. The lowest BCUT2D eigenvalue weighted by Gasteiger charge is -2.11. The second-order valence-corrected chi connectivity index (χ2v) is 5.51. The molecule has 0 aliphatic heterocycles. The molecule has 3 rings (SSSR count). The molecule has 0 radical (unpaired) electrons. The first kappa shape index (κ1) is 16.1. The minimum Gasteiger partial charge on any atom is -0.488 e. The monoisotopic (exact) mass is 323 g/mol. The summed E-state index contributed by atoms with van der Waals surface area (Å²) in [6.07, 6.45) is 1.80. The van der Waals surface area contributed by atoms with Crippen LogP contribution in [0.1, 0.15) is 16.8 Å². The molecule has 0 saturated carbocycles. The summed E-state index contributed by atoms with van der Waals surface area (Å²) >= 11 is 0. The standard InChI is InChI=1S/C20H19FN2O/c21-19-10-3-1-8-17(19)15-24-20-11-4-2-7-16(20)13-22-14-18-9-5-6-12-23-18/h1-12,22H,13-15H2/p+1. The maximum Gasteiger partial charge on any atom is 0.129 e. The Balaban J connectivity index is 1.59. The van der Waals surface area contributed by atoms with Gasteiger partial charge < -0.3 is 10.1 Å². The average molecular weight is 323 g/mol. The van der Waals surface area contributed by atoms with Crippen LogP contribution in [0.2, 0.25) is 0 Å². The number of rotatable bonds is 7. The van der Waals surface area contributed by atoms with Crippen molar-refractivity contribution in [3.05, 3.63) is 95.6 Å². The Morgan fingerprint density at radius 2 is 1.58 bits per heavy atom. The fraction of sp³-hybridized carbons (Fsp3) is 0.150. The van der Waals surface area contributed by atoms with Gasteiger partial charge in [0.2, 0.25) is 0 Å². The van der Waals surface area contributed by atoms with Gasteiger partial charge >= 0.3 is 0 Å². The lowest BCUT2D eigenvalue weighted by Crippen LogP contribution is -2.80. The van der Waals surface area contributed by atoms with E-state index in [0.29, 0.717) is 5.56 Å². The smallest absolute Gasteiger partial charge is 0.129 e. The van der Waals surface area contributed by atoms with Crippen LogP contribution in [0.4, 0.5) is 4.39 Å². The molecule has 0 fully saturated rings. The first-order chi connectivity index (χ1) is 11.8. The molecule has 0 spiro atoms. The summed E-state index contributed by atoms with van der Waals surface area (Å²) in [6.45, 7) is 1.82. The van der Waals surface area contributed by atoms with Crippen LogP contribution in [0.25, 0.3) is 0 Å². The number of nitrogens with zero attached hydrogens (tertiary/aromatic N) is 1. The third-order valence-corrected chi connectivity index (χ3v) is 3.76. The molecule has 1 heterocycles. The lowest BCUT2D eigenvalue weighted by molar-refractivity contribution is -0.686. The highest BCUT2D eigenvalue weighted by Gasteiger charge is 2.07. The van der Waals surface area contributed by atoms with E-state index in [1.165, 1.54) is 6.07 Å². The van der Waals surface area contributed by atoms with Crippen LogP contribution >= 0.6 is 0 Å². The number of pyridine rings is 1. The summed E-state index contributed by atoms with van der Waals surface area (Å²) in [7, 11) is 0. The predicted octanol–water partition coefficient (Wildman–Crippen LogP) is 3.06. The number of hydrogen-bond donors (Lipinski definition) is 1. The Morgan fingerprint density at radius 1 is 0.833 bits per heavy atom. The molecule has 0 aliphatic carbocycles. The van der Waals surface area contributed by atoms with Gasteiger partial charge in [-0.2, -0.15) is 0 Å². The Labute approximate surface area is 141 Å². The number of nitrogens with two attached hydrogens (primary N) is 1. The van der Waals surface area contributed by atoms with Gasteiger partial charge in [-0.25, -0.2) is 4.39 Å². The lowest BCUT2D eigenvalue weighted by atomic mass is 10.2. The van der Waals surface area contributed by atoms with Crippen LogP contribution in [0.5, 0.6) is 5.75 Å². The van der Waals surface area contributed by atoms with Crippen molar-refractivity contribution in [1.29, 1.82) is 0 Å². The van der Waals surface area contributed by atoms with Gasteiger partial charge in [0.15, 0.2) is 0 Å². The van der Waals surface area contributed by atoms with Crippen molar-refractivity contribution in [3.63, 3.8) is 0 Å². The zero-order chi connectivity index (χ0) is 16.6. The molecule has 24 heavy (non-hydrogen) atoms. The molecule has 0 aliphatic rings. The number of ether oxygens (including phenoxy) is 1. The van der Waals surface area contributed by atoms with E-state index in [2.05, 4.69) is 10.3 Å². The quantitative estimate of drug-likeness (QED) is 0.726. The molecule has 4 heteroatoms. The zero-order valence-electron chi connectivity index (χ0n) is 13.4. The summed E-state index contributed by atoms with van der Waals surface area (Å²) in [5.41, 5.74) is 2.69. The van der Waals surface area contributed by atoms with Gasteiger partial charge in [-0.15, -0.1) is 0 Å². The molecule has 0 saturated heterocycles. The van der Waals surface area contributed by atoms with Gasteiger partial charge in [-0.1, -0.05) is 36.4 Å². The first-order valence-electron chi connectivity index (χ1n) is 7.98. The Hall–Kier alpha value is -2.72. The van der Waals surface area contributed by atoms with Crippen molar-refractivity contribution in [3.8, 4) is 5.75 Å². The Bertz CT molecular complexity index is 777. The predicted molar refractivity (Wildman–Crippen MR) is 90.7 cm³/mol. The Kier molecular flexibility index (Phi) is 5.53. The van der Waals surface area contributed by atoms with Crippen LogP contribution in [0.3, 0.4) is 0 Å². The molecular weight excluding hydrogens is 303 g/mol. The fourth-order valence-corrected chi connectivity index (χ4v) is 2.48. The van der Waals surface area contributed by atoms with E-state index in [-0.39, 0.29) is 12.4 Å². The molecule has 3 nitrogen and oxygen atoms in total. The number of aromatic nitrogens is 1. The molecule has 3 aromatic rings. The van der Waals surface area contributed by atoms with Crippen LogP contribution in [-0.2, 0) is 19.7 Å². The number of hydrogen-bond acceptors (Lipinski definition) is 2. The van der Waals surface area contributed by atoms with Crippen LogP contribution in [0, 0.1) is 5.82 Å². The van der Waals surface area contributed by atoms with Gasteiger partial charge in [0.1, 0.15) is 31.3 Å². The summed E-state index contributed by atoms with van der Waals surface area (Å²) in [5, 5.41) is 2.17. The third kappa shape index (κ3) is 4.40. The highest BCUT2D eigenvalue weighted by molar-refractivity contribution is 5.33. The van der Waals surface area contributed by atoms with Crippen LogP contribution < -0.4 is 10.1 Å². The first-order valence-corrected chi connectivity index (χ1v) is 7.98. The van der Waals surface area contributed by atoms with E-state index in [1.807, 2.05) is 48.5 Å². The second kappa shape index (κ2) is 8.22. The van der Waals surface area contributed by atoms with Gasteiger partial charge in [0.05, 0.1) is 5.69 Å². The largest absolute Gasteiger partial charge is 0.488 e. The van der Waals surface area contributed by atoms with Crippen LogP contribution in [0.15, 0.2) is 72.9 Å². The van der Waals surface area contributed by atoms with Crippen molar-refractivity contribution in [2.45, 2.75) is 19.7 Å². The highest BCUT2D eigenvalue weighted by atomic mass is 19.1. The van der Waals surface area contributed by atoms with Gasteiger partial charge in [-0.05, 0) is 30.3 Å². The van der Waals surface area contributed by atoms with E-state index >= 15 is 0 Å². The van der Waals surface area contributed by atoms with Gasteiger partial charge in [-0.3, -0.25) is 4.98 Å².